The second-order valence-corrected chi connectivity index (χ2v) is 5.21. The monoisotopic (exact) mass is 265 g/mol. The summed E-state index contributed by atoms with van der Waals surface area (Å²) in [6, 6.07) is 6.17. The SMILES string of the molecule is CCC(=O)c1ccc2c(c1)CN(CCCCl)CC2. The fourth-order valence-electron chi connectivity index (χ4n) is 2.47. The number of carbonyl (C=O) groups is 1. The Balaban J connectivity index is 2.11. The second-order valence-electron chi connectivity index (χ2n) is 4.83. The summed E-state index contributed by atoms with van der Waals surface area (Å²) in [6.45, 7) is 5.02. The van der Waals surface area contributed by atoms with Crippen molar-refractivity contribution < 1.29 is 4.79 Å². The van der Waals surface area contributed by atoms with E-state index in [1.54, 1.807) is 0 Å². The van der Waals surface area contributed by atoms with E-state index >= 15 is 0 Å². The van der Waals surface area contributed by atoms with Gasteiger partial charge in [-0.05, 0) is 36.6 Å². The third-order valence-corrected chi connectivity index (χ3v) is 3.82. The van der Waals surface area contributed by atoms with E-state index in [2.05, 4.69) is 17.0 Å². The van der Waals surface area contributed by atoms with Gasteiger partial charge in [0, 0.05) is 31.0 Å². The topological polar surface area (TPSA) is 20.3 Å². The van der Waals surface area contributed by atoms with Crippen LogP contribution in [0, 0.1) is 0 Å². The van der Waals surface area contributed by atoms with Crippen LogP contribution < -0.4 is 0 Å². The average molecular weight is 266 g/mol. The molecule has 0 radical (unpaired) electrons. The number of rotatable bonds is 5. The van der Waals surface area contributed by atoms with Crippen molar-refractivity contribution in [3.63, 3.8) is 0 Å². The summed E-state index contributed by atoms with van der Waals surface area (Å²) in [4.78, 5) is 14.1. The number of fused-ring (bicyclic) bond motifs is 1. The van der Waals surface area contributed by atoms with Crippen LogP contribution in [0.2, 0.25) is 0 Å². The van der Waals surface area contributed by atoms with Crippen LogP contribution in [0.5, 0.6) is 0 Å². The Labute approximate surface area is 114 Å². The molecule has 0 saturated heterocycles. The van der Waals surface area contributed by atoms with Crippen LogP contribution >= 0.6 is 11.6 Å². The normalized spacial score (nSPS) is 15.4. The average Bonchev–Trinajstić information content (AvgIpc) is 2.43. The molecule has 0 spiro atoms. The van der Waals surface area contributed by atoms with Crippen molar-refractivity contribution in [2.75, 3.05) is 19.0 Å². The summed E-state index contributed by atoms with van der Waals surface area (Å²) in [7, 11) is 0. The molecule has 98 valence electrons. The highest BCUT2D eigenvalue weighted by atomic mass is 35.5. The van der Waals surface area contributed by atoms with E-state index in [0.717, 1.165) is 43.9 Å². The van der Waals surface area contributed by atoms with Crippen LogP contribution in [0.4, 0.5) is 0 Å². The zero-order valence-electron chi connectivity index (χ0n) is 10.9. The Morgan fingerprint density at radius 2 is 2.22 bits per heavy atom. The Morgan fingerprint density at radius 3 is 2.94 bits per heavy atom. The lowest BCUT2D eigenvalue weighted by Gasteiger charge is -2.28. The highest BCUT2D eigenvalue weighted by molar-refractivity contribution is 6.17. The van der Waals surface area contributed by atoms with E-state index in [9.17, 15) is 4.79 Å². The minimum absolute atomic E-state index is 0.232. The van der Waals surface area contributed by atoms with Gasteiger partial charge < -0.3 is 0 Å². The molecular weight excluding hydrogens is 246 g/mol. The summed E-state index contributed by atoms with van der Waals surface area (Å²) in [5.41, 5.74) is 3.57. The number of ketones is 1. The highest BCUT2D eigenvalue weighted by Gasteiger charge is 2.17. The van der Waals surface area contributed by atoms with Crippen molar-refractivity contribution in [1.29, 1.82) is 0 Å². The van der Waals surface area contributed by atoms with Crippen molar-refractivity contribution in [1.82, 2.24) is 4.90 Å². The van der Waals surface area contributed by atoms with E-state index in [-0.39, 0.29) is 5.78 Å². The molecule has 0 bridgehead atoms. The fraction of sp³-hybridized carbons (Fsp3) is 0.533. The van der Waals surface area contributed by atoms with Crippen LogP contribution in [0.1, 0.15) is 41.3 Å². The number of hydrogen-bond acceptors (Lipinski definition) is 2. The Bertz CT molecular complexity index is 431. The Hall–Kier alpha value is -0.860. The van der Waals surface area contributed by atoms with Crippen molar-refractivity contribution in [3.05, 3.63) is 34.9 Å². The second kappa shape index (κ2) is 6.35. The van der Waals surface area contributed by atoms with Gasteiger partial charge in [-0.2, -0.15) is 0 Å². The van der Waals surface area contributed by atoms with Crippen LogP contribution in [-0.4, -0.2) is 29.7 Å². The minimum Gasteiger partial charge on any atom is -0.299 e. The Kier molecular flexibility index (Phi) is 4.79. The summed E-state index contributed by atoms with van der Waals surface area (Å²) in [6.07, 6.45) is 2.69. The molecule has 0 unspecified atom stereocenters. The minimum atomic E-state index is 0.232. The third kappa shape index (κ3) is 3.12. The molecule has 1 aromatic rings. The summed E-state index contributed by atoms with van der Waals surface area (Å²) < 4.78 is 0. The number of nitrogens with zero attached hydrogens (tertiary/aromatic N) is 1. The molecule has 18 heavy (non-hydrogen) atoms. The van der Waals surface area contributed by atoms with Gasteiger partial charge in [-0.25, -0.2) is 0 Å². The molecule has 0 atom stereocenters. The predicted octanol–water partition coefficient (Wildman–Crippen LogP) is 3.27. The van der Waals surface area contributed by atoms with Gasteiger partial charge in [-0.1, -0.05) is 19.1 Å². The first kappa shape index (κ1) is 13.6. The van der Waals surface area contributed by atoms with Crippen LogP contribution in [0.3, 0.4) is 0 Å². The smallest absolute Gasteiger partial charge is 0.162 e. The summed E-state index contributed by atoms with van der Waals surface area (Å²) >= 11 is 5.74. The first-order chi connectivity index (χ1) is 8.74. The fourth-order valence-corrected chi connectivity index (χ4v) is 2.59. The molecule has 2 rings (SSSR count). The van der Waals surface area contributed by atoms with Crippen LogP contribution in [-0.2, 0) is 13.0 Å². The number of carbonyl (C=O) groups excluding carboxylic acids is 1. The third-order valence-electron chi connectivity index (χ3n) is 3.55. The van der Waals surface area contributed by atoms with Gasteiger partial charge in [0.05, 0.1) is 0 Å². The maximum Gasteiger partial charge on any atom is 0.162 e. The van der Waals surface area contributed by atoms with Crippen molar-refractivity contribution >= 4 is 17.4 Å². The van der Waals surface area contributed by atoms with E-state index in [1.807, 2.05) is 13.0 Å². The van der Waals surface area contributed by atoms with Gasteiger partial charge in [0.25, 0.3) is 0 Å². The van der Waals surface area contributed by atoms with Gasteiger partial charge >= 0.3 is 0 Å². The van der Waals surface area contributed by atoms with Crippen LogP contribution in [0.15, 0.2) is 18.2 Å². The lowest BCUT2D eigenvalue weighted by atomic mass is 9.95. The molecular formula is C15H20ClNO. The number of Topliss-reactive ketones (excluding diaryl/α,β-unsaturated/α-hetero) is 1. The number of halogens is 1. The molecule has 1 aliphatic heterocycles. The van der Waals surface area contributed by atoms with E-state index in [1.165, 1.54) is 11.1 Å². The van der Waals surface area contributed by atoms with E-state index in [4.69, 9.17) is 11.6 Å². The van der Waals surface area contributed by atoms with Crippen molar-refractivity contribution in [2.24, 2.45) is 0 Å². The van der Waals surface area contributed by atoms with Gasteiger partial charge in [0.1, 0.15) is 0 Å². The highest BCUT2D eigenvalue weighted by Crippen LogP contribution is 2.21. The summed E-state index contributed by atoms with van der Waals surface area (Å²) in [5, 5.41) is 0. The molecule has 1 heterocycles. The first-order valence-electron chi connectivity index (χ1n) is 6.68. The molecule has 0 aliphatic carbocycles. The first-order valence-corrected chi connectivity index (χ1v) is 7.21. The van der Waals surface area contributed by atoms with Gasteiger partial charge in [0.15, 0.2) is 5.78 Å². The molecule has 2 nitrogen and oxygen atoms in total. The lowest BCUT2D eigenvalue weighted by molar-refractivity contribution is 0.0988. The van der Waals surface area contributed by atoms with E-state index < -0.39 is 0 Å². The zero-order valence-corrected chi connectivity index (χ0v) is 11.7. The molecule has 0 amide bonds. The van der Waals surface area contributed by atoms with Gasteiger partial charge in [0.2, 0.25) is 0 Å². The number of alkyl halides is 1. The number of benzene rings is 1. The molecule has 1 aliphatic rings. The van der Waals surface area contributed by atoms with Gasteiger partial charge in [-0.3, -0.25) is 9.69 Å². The lowest BCUT2D eigenvalue weighted by Crippen LogP contribution is -2.31. The maximum atomic E-state index is 11.7. The maximum absolute atomic E-state index is 11.7. The molecule has 0 saturated carbocycles. The number of hydrogen-bond donors (Lipinski definition) is 0. The van der Waals surface area contributed by atoms with E-state index in [0.29, 0.717) is 6.42 Å². The quantitative estimate of drug-likeness (QED) is 0.602. The largest absolute Gasteiger partial charge is 0.299 e. The van der Waals surface area contributed by atoms with Crippen molar-refractivity contribution in [2.45, 2.75) is 32.7 Å². The Morgan fingerprint density at radius 1 is 1.39 bits per heavy atom. The molecule has 0 aromatic heterocycles. The molecule has 0 fully saturated rings. The zero-order chi connectivity index (χ0) is 13.0. The molecule has 1 aromatic carbocycles. The summed E-state index contributed by atoms with van der Waals surface area (Å²) in [5.74, 6) is 0.952. The standard InChI is InChI=1S/C15H20ClNO/c1-2-15(18)13-5-4-12-6-9-17(8-3-7-16)11-14(12)10-13/h4-5,10H,2-3,6-9,11H2,1H3. The molecule has 3 heteroatoms. The van der Waals surface area contributed by atoms with Crippen molar-refractivity contribution in [3.8, 4) is 0 Å². The van der Waals surface area contributed by atoms with Crippen LogP contribution in [0.25, 0.3) is 0 Å². The molecule has 0 N–H and O–H groups in total. The predicted molar refractivity (Wildman–Crippen MR) is 75.4 cm³/mol. The van der Waals surface area contributed by atoms with Gasteiger partial charge in [-0.15, -0.1) is 11.6 Å².